The fourth-order valence-electron chi connectivity index (χ4n) is 6.74. The average Bonchev–Trinajstić information content (AvgIpc) is 3.59. The number of ketones is 1. The van der Waals surface area contributed by atoms with Crippen molar-refractivity contribution in [2.75, 3.05) is 48.9 Å². The maximum absolute atomic E-state index is 13.5. The number of aryl methyl sites for hydroxylation is 1. The van der Waals surface area contributed by atoms with E-state index in [4.69, 9.17) is 9.47 Å². The molecule has 0 bridgehead atoms. The average molecular weight is 636 g/mol. The largest absolute Gasteiger partial charge is 0.452 e. The molecule has 3 aliphatic heterocycles. The molecule has 3 aromatic heterocycles. The van der Waals surface area contributed by atoms with E-state index in [-0.39, 0.29) is 29.4 Å². The van der Waals surface area contributed by atoms with Crippen LogP contribution >= 0.6 is 0 Å². The van der Waals surface area contributed by atoms with E-state index in [1.54, 1.807) is 55.0 Å². The molecule has 7 rings (SSSR count). The summed E-state index contributed by atoms with van der Waals surface area (Å²) in [5, 5.41) is 6.40. The maximum Gasteiger partial charge on any atom is 0.323 e. The van der Waals surface area contributed by atoms with Crippen LogP contribution < -0.4 is 20.3 Å². The number of amides is 3. The Balaban J connectivity index is 1.07. The molecule has 0 aliphatic carbocycles. The number of nitrogens with zero attached hydrogens (tertiary/aromatic N) is 5. The molecule has 47 heavy (non-hydrogen) atoms. The number of benzene rings is 1. The van der Waals surface area contributed by atoms with Gasteiger partial charge in [0, 0.05) is 93.3 Å². The summed E-state index contributed by atoms with van der Waals surface area (Å²) in [4.78, 5) is 52.3. The summed E-state index contributed by atoms with van der Waals surface area (Å²) in [5.74, 6) is 0.574. The van der Waals surface area contributed by atoms with Gasteiger partial charge in [0.25, 0.3) is 0 Å². The van der Waals surface area contributed by atoms with E-state index in [0.29, 0.717) is 35.9 Å². The van der Waals surface area contributed by atoms with Gasteiger partial charge in [-0.1, -0.05) is 0 Å². The van der Waals surface area contributed by atoms with Crippen LogP contribution in [0.4, 0.5) is 21.9 Å². The lowest BCUT2D eigenvalue weighted by molar-refractivity contribution is -0.138. The van der Waals surface area contributed by atoms with Gasteiger partial charge in [0.05, 0.1) is 17.4 Å². The van der Waals surface area contributed by atoms with Crippen molar-refractivity contribution in [1.29, 1.82) is 0 Å². The van der Waals surface area contributed by atoms with Gasteiger partial charge in [-0.25, -0.2) is 9.78 Å². The highest BCUT2D eigenvalue weighted by Gasteiger charge is 2.32. The predicted molar refractivity (Wildman–Crippen MR) is 179 cm³/mol. The van der Waals surface area contributed by atoms with Crippen LogP contribution in [0, 0.1) is 5.92 Å². The standard InChI is InChI=1S/C35H37N7O5/c1-40-21-23(18-30-32(43)27-19-24(5-6-29(27)47-30)38-35(45)39-25-4-3-12-36-20-25)31-28(7-13-37-33(31)40)42-14-8-22(9-15-42)34(44)41(2)26-10-16-46-17-11-26/h3-7,12-13,18-22,26H,8-11,14-17H2,1-2H3,(H2,38,39,45). The lowest BCUT2D eigenvalue weighted by Gasteiger charge is -2.38. The molecule has 0 unspecified atom stereocenters. The van der Waals surface area contributed by atoms with Crippen LogP contribution in [0.2, 0.25) is 0 Å². The molecule has 2 saturated heterocycles. The zero-order valence-electron chi connectivity index (χ0n) is 26.4. The Morgan fingerprint density at radius 3 is 2.57 bits per heavy atom. The maximum atomic E-state index is 13.5. The van der Waals surface area contributed by atoms with E-state index in [2.05, 4.69) is 25.5 Å². The first-order chi connectivity index (χ1) is 22.9. The number of ether oxygens (including phenoxy) is 2. The van der Waals surface area contributed by atoms with Gasteiger partial charge in [0.2, 0.25) is 11.7 Å². The van der Waals surface area contributed by atoms with Gasteiger partial charge in [0.15, 0.2) is 5.76 Å². The van der Waals surface area contributed by atoms with Crippen LogP contribution in [-0.4, -0.2) is 76.5 Å². The molecule has 4 aromatic rings. The Morgan fingerprint density at radius 1 is 1.02 bits per heavy atom. The fraction of sp³-hybridized carbons (Fsp3) is 0.343. The van der Waals surface area contributed by atoms with Crippen LogP contribution in [0.3, 0.4) is 0 Å². The number of piperidine rings is 1. The zero-order valence-corrected chi connectivity index (χ0v) is 26.4. The van der Waals surface area contributed by atoms with Crippen molar-refractivity contribution < 1.29 is 23.9 Å². The number of hydrogen-bond acceptors (Lipinski definition) is 8. The van der Waals surface area contributed by atoms with E-state index in [1.165, 1.54) is 0 Å². The monoisotopic (exact) mass is 635 g/mol. The van der Waals surface area contributed by atoms with Gasteiger partial charge in [-0.05, 0) is 68.2 Å². The summed E-state index contributed by atoms with van der Waals surface area (Å²) >= 11 is 0. The zero-order chi connectivity index (χ0) is 32.5. The third kappa shape index (κ3) is 6.16. The first-order valence-electron chi connectivity index (χ1n) is 16.0. The van der Waals surface area contributed by atoms with Gasteiger partial charge in [-0.3, -0.25) is 14.6 Å². The number of carbonyl (C=O) groups is 3. The Labute approximate surface area is 272 Å². The molecule has 0 radical (unpaired) electrons. The van der Waals surface area contributed by atoms with Crippen LogP contribution in [0.25, 0.3) is 17.1 Å². The SMILES string of the molecule is CN(C(=O)C1CCN(c2ccnc3c2c(C=C2Oc4ccc(NC(=O)Nc5cccnc5)cc4C2=O)cn3C)CC1)C1CCOCC1. The van der Waals surface area contributed by atoms with Crippen LogP contribution in [-0.2, 0) is 16.6 Å². The molecule has 2 N–H and O–H groups in total. The number of rotatable bonds is 6. The van der Waals surface area contributed by atoms with E-state index < -0.39 is 6.03 Å². The van der Waals surface area contributed by atoms with E-state index in [0.717, 1.165) is 61.1 Å². The van der Waals surface area contributed by atoms with Crippen molar-refractivity contribution in [3.63, 3.8) is 0 Å². The van der Waals surface area contributed by atoms with Crippen molar-refractivity contribution in [3.8, 4) is 5.75 Å². The first-order valence-corrected chi connectivity index (χ1v) is 16.0. The summed E-state index contributed by atoms with van der Waals surface area (Å²) in [5.41, 5.74) is 4.00. The van der Waals surface area contributed by atoms with Crippen molar-refractivity contribution >= 4 is 51.9 Å². The molecule has 242 valence electrons. The summed E-state index contributed by atoms with van der Waals surface area (Å²) in [6.07, 6.45) is 12.0. The molecule has 2 fully saturated rings. The Morgan fingerprint density at radius 2 is 1.81 bits per heavy atom. The number of carbonyl (C=O) groups excluding carboxylic acids is 3. The Bertz CT molecular complexity index is 1860. The quantitative estimate of drug-likeness (QED) is 0.281. The highest BCUT2D eigenvalue weighted by Crippen LogP contribution is 2.37. The second kappa shape index (κ2) is 12.9. The minimum atomic E-state index is -0.449. The van der Waals surface area contributed by atoms with E-state index in [9.17, 15) is 14.4 Å². The van der Waals surface area contributed by atoms with Crippen molar-refractivity contribution in [2.45, 2.75) is 31.7 Å². The number of anilines is 3. The highest BCUT2D eigenvalue weighted by atomic mass is 16.5. The molecular weight excluding hydrogens is 598 g/mol. The van der Waals surface area contributed by atoms with E-state index >= 15 is 0 Å². The van der Waals surface area contributed by atoms with Gasteiger partial charge in [-0.15, -0.1) is 0 Å². The number of allylic oxidation sites excluding steroid dienone is 1. The molecule has 0 saturated carbocycles. The molecule has 12 heteroatoms. The molecule has 12 nitrogen and oxygen atoms in total. The lowest BCUT2D eigenvalue weighted by Crippen LogP contribution is -2.46. The molecule has 3 aliphatic rings. The van der Waals surface area contributed by atoms with Gasteiger partial charge >= 0.3 is 6.03 Å². The topological polar surface area (TPSA) is 131 Å². The Hall–Kier alpha value is -5.23. The molecule has 6 heterocycles. The number of hydrogen-bond donors (Lipinski definition) is 2. The second-order valence-corrected chi connectivity index (χ2v) is 12.2. The summed E-state index contributed by atoms with van der Waals surface area (Å²) in [7, 11) is 3.86. The van der Waals surface area contributed by atoms with Crippen molar-refractivity contribution in [1.82, 2.24) is 19.4 Å². The number of Topliss-reactive ketones (excluding diaryl/α,β-unsaturated/α-hetero) is 1. The summed E-state index contributed by atoms with van der Waals surface area (Å²) in [6.45, 7) is 2.91. The molecule has 1 aromatic carbocycles. The molecule has 3 amide bonds. The number of aromatic nitrogens is 3. The van der Waals surface area contributed by atoms with Crippen molar-refractivity contribution in [2.24, 2.45) is 13.0 Å². The Kier molecular flexibility index (Phi) is 8.33. The summed E-state index contributed by atoms with van der Waals surface area (Å²) in [6, 6.07) is 10.2. The summed E-state index contributed by atoms with van der Waals surface area (Å²) < 4.78 is 13.4. The molecular formula is C35H37N7O5. The lowest BCUT2D eigenvalue weighted by atomic mass is 9.93. The fourth-order valence-corrected chi connectivity index (χ4v) is 6.74. The predicted octanol–water partition coefficient (Wildman–Crippen LogP) is 5.08. The van der Waals surface area contributed by atoms with Crippen LogP contribution in [0.5, 0.6) is 5.75 Å². The minimum absolute atomic E-state index is 0.00222. The number of urea groups is 1. The number of fused-ring (bicyclic) bond motifs is 2. The third-order valence-corrected chi connectivity index (χ3v) is 9.27. The smallest absolute Gasteiger partial charge is 0.323 e. The third-order valence-electron chi connectivity index (χ3n) is 9.27. The molecule has 0 spiro atoms. The van der Waals surface area contributed by atoms with Crippen molar-refractivity contribution in [3.05, 3.63) is 78.1 Å². The first kappa shape index (κ1) is 30.4. The minimum Gasteiger partial charge on any atom is -0.452 e. The van der Waals surface area contributed by atoms with Gasteiger partial charge < -0.3 is 34.5 Å². The van der Waals surface area contributed by atoms with Gasteiger partial charge in [-0.2, -0.15) is 0 Å². The molecule has 0 atom stereocenters. The van der Waals surface area contributed by atoms with Crippen LogP contribution in [0.15, 0.2) is 66.9 Å². The highest BCUT2D eigenvalue weighted by molar-refractivity contribution is 6.16. The second-order valence-electron chi connectivity index (χ2n) is 12.2. The van der Waals surface area contributed by atoms with Gasteiger partial charge in [0.1, 0.15) is 11.4 Å². The number of pyridine rings is 2. The number of nitrogens with one attached hydrogen (secondary N) is 2. The normalized spacial score (nSPS) is 17.9. The van der Waals surface area contributed by atoms with Crippen LogP contribution in [0.1, 0.15) is 41.6 Å². The van der Waals surface area contributed by atoms with E-state index in [1.807, 2.05) is 35.8 Å².